The summed E-state index contributed by atoms with van der Waals surface area (Å²) in [7, 11) is 0. The van der Waals surface area contributed by atoms with Crippen molar-refractivity contribution in [1.29, 1.82) is 0 Å². The molecule has 2 aliphatic rings. The molecule has 4 heterocycles. The van der Waals surface area contributed by atoms with Crippen molar-refractivity contribution >= 4 is 41.1 Å². The third kappa shape index (κ3) is 10.3. The summed E-state index contributed by atoms with van der Waals surface area (Å²) in [6.45, 7) is 12.8. The van der Waals surface area contributed by atoms with Crippen molar-refractivity contribution < 1.29 is 23.9 Å². The fourth-order valence-corrected chi connectivity index (χ4v) is 6.79. The molecular weight excluding hydrogens is 710 g/mol. The Kier molecular flexibility index (Phi) is 12.5. The van der Waals surface area contributed by atoms with E-state index in [1.165, 1.54) is 6.20 Å². The number of nitrogens with one attached hydrogen (secondary N) is 1. The fourth-order valence-electron chi connectivity index (χ4n) is 6.60. The van der Waals surface area contributed by atoms with Crippen LogP contribution in [0.1, 0.15) is 68.2 Å². The number of nitrogens with zero attached hydrogens (tertiary/aromatic N) is 7. The lowest BCUT2D eigenvalue weighted by Gasteiger charge is -2.36. The van der Waals surface area contributed by atoms with E-state index in [1.54, 1.807) is 65.7 Å². The maximum absolute atomic E-state index is 13.5. The van der Waals surface area contributed by atoms with Crippen LogP contribution in [0.4, 0.5) is 16.3 Å². The van der Waals surface area contributed by atoms with Gasteiger partial charge in [0, 0.05) is 67.3 Å². The number of hydrogen-bond donors (Lipinski definition) is 2. The van der Waals surface area contributed by atoms with Gasteiger partial charge in [-0.15, -0.1) is 0 Å². The van der Waals surface area contributed by atoms with Crippen molar-refractivity contribution in [3.63, 3.8) is 0 Å². The molecule has 0 saturated carbocycles. The van der Waals surface area contributed by atoms with E-state index in [1.807, 2.05) is 31.6 Å². The van der Waals surface area contributed by atoms with Gasteiger partial charge in [-0.05, 0) is 71.3 Å². The predicted molar refractivity (Wildman–Crippen MR) is 206 cm³/mol. The maximum Gasteiger partial charge on any atom is 0.410 e. The summed E-state index contributed by atoms with van der Waals surface area (Å²) in [6, 6.07) is 15.6. The lowest BCUT2D eigenvalue weighted by atomic mass is 10.1. The van der Waals surface area contributed by atoms with Crippen LogP contribution in [-0.4, -0.2) is 110 Å². The highest BCUT2D eigenvalue weighted by molar-refractivity contribution is 6.30. The highest BCUT2D eigenvalue weighted by Crippen LogP contribution is 2.27. The Bertz CT molecular complexity index is 1900. The Balaban J connectivity index is 1.01. The maximum atomic E-state index is 13.5. The number of benzene rings is 2. The number of esters is 1. The lowest BCUT2D eigenvalue weighted by molar-refractivity contribution is -0.125. The topological polar surface area (TPSA) is 161 Å². The third-order valence-corrected chi connectivity index (χ3v) is 9.69. The molecule has 286 valence electrons. The number of nitrogen functional groups attached to an aromatic ring is 1. The zero-order chi connectivity index (χ0) is 38.2. The van der Waals surface area contributed by atoms with E-state index in [4.69, 9.17) is 26.8 Å². The van der Waals surface area contributed by atoms with Gasteiger partial charge in [0.15, 0.2) is 11.5 Å². The average Bonchev–Trinajstić information content (AvgIpc) is 3.65. The first-order chi connectivity index (χ1) is 25.9. The molecule has 15 heteroatoms. The van der Waals surface area contributed by atoms with Gasteiger partial charge in [-0.2, -0.15) is 5.10 Å². The molecule has 2 aromatic carbocycles. The first-order valence-corrected chi connectivity index (χ1v) is 18.7. The van der Waals surface area contributed by atoms with Crippen molar-refractivity contribution in [2.24, 2.45) is 0 Å². The summed E-state index contributed by atoms with van der Waals surface area (Å²) >= 11 is 6.10. The van der Waals surface area contributed by atoms with Gasteiger partial charge < -0.3 is 30.3 Å². The molecule has 6 rings (SSSR count). The van der Waals surface area contributed by atoms with Crippen LogP contribution in [0.2, 0.25) is 5.02 Å². The van der Waals surface area contributed by atoms with Gasteiger partial charge in [-0.3, -0.25) is 14.4 Å². The number of likely N-dealkylation sites (tertiary alicyclic amines) is 1. The van der Waals surface area contributed by atoms with Crippen molar-refractivity contribution in [2.45, 2.75) is 57.8 Å². The van der Waals surface area contributed by atoms with Crippen molar-refractivity contribution in [3.8, 4) is 11.3 Å². The smallest absolute Gasteiger partial charge is 0.410 e. The summed E-state index contributed by atoms with van der Waals surface area (Å²) in [5.74, 6) is -1.57. The normalized spacial score (nSPS) is 16.5. The second kappa shape index (κ2) is 17.4. The summed E-state index contributed by atoms with van der Waals surface area (Å²) < 4.78 is 13.2. The van der Waals surface area contributed by atoms with Gasteiger partial charge in [0.1, 0.15) is 5.60 Å². The molecule has 0 unspecified atom stereocenters. The molecular formula is C39H48ClN9O5. The number of piperidine rings is 1. The summed E-state index contributed by atoms with van der Waals surface area (Å²) in [5.41, 5.74) is 7.45. The summed E-state index contributed by atoms with van der Waals surface area (Å²) in [6.07, 6.45) is 6.57. The van der Waals surface area contributed by atoms with Gasteiger partial charge in [-0.1, -0.05) is 48.0 Å². The van der Waals surface area contributed by atoms with Crippen LogP contribution in [0, 0.1) is 0 Å². The van der Waals surface area contributed by atoms with Crippen LogP contribution in [0.25, 0.3) is 11.3 Å². The van der Waals surface area contributed by atoms with Crippen molar-refractivity contribution in [2.75, 3.05) is 63.4 Å². The Morgan fingerprint density at radius 3 is 2.33 bits per heavy atom. The molecule has 2 aliphatic heterocycles. The molecule has 2 aromatic heterocycles. The number of carbonyl (C=O) groups is 3. The number of hydrogen-bond acceptors (Lipinski definition) is 11. The number of ether oxygens (including phenoxy) is 2. The predicted octanol–water partition coefficient (Wildman–Crippen LogP) is 5.69. The third-order valence-electron chi connectivity index (χ3n) is 9.45. The SMILES string of the molecule is CC(C)(C)OC(=O)N1CCN(CCCN2CCC(n3cc(-c4cnc(N)c(C(=O)O[C@@H](C(=O)Nc5cccc(Cl)c5)c5ccccc5)n4)cn3)CC2)CC1. The Hall–Kier alpha value is -5.05. The molecule has 2 saturated heterocycles. The minimum Gasteiger partial charge on any atom is -0.444 e. The van der Waals surface area contributed by atoms with Gasteiger partial charge in [0.05, 0.1) is 24.1 Å². The number of aromatic nitrogens is 4. The van der Waals surface area contributed by atoms with Crippen LogP contribution >= 0.6 is 11.6 Å². The monoisotopic (exact) mass is 757 g/mol. The highest BCUT2D eigenvalue weighted by atomic mass is 35.5. The van der Waals surface area contributed by atoms with Gasteiger partial charge in [-0.25, -0.2) is 19.6 Å². The molecule has 0 aliphatic carbocycles. The number of amides is 2. The van der Waals surface area contributed by atoms with Gasteiger partial charge in [0.25, 0.3) is 5.91 Å². The van der Waals surface area contributed by atoms with Crippen LogP contribution in [0.15, 0.2) is 73.2 Å². The molecule has 4 aromatic rings. The number of rotatable bonds is 11. The standard InChI is InChI=1S/C39H48ClN9O5/c1-39(2,3)54-38(52)48-21-19-47(20-22-48)16-8-15-46-17-13-31(14-18-46)49-26-28(24-43-49)32-25-42-35(41)33(45-32)37(51)53-34(27-9-5-4-6-10-27)36(50)44-30-12-7-11-29(40)23-30/h4-7,9-12,23-26,31,34H,8,13-22H2,1-3H3,(H2,41,42)(H,44,50)/t34-/m1/s1. The highest BCUT2D eigenvalue weighted by Gasteiger charge is 2.29. The summed E-state index contributed by atoms with van der Waals surface area (Å²) in [4.78, 5) is 54.7. The molecule has 1 atom stereocenters. The number of nitrogens with two attached hydrogens (primary N) is 1. The molecule has 0 spiro atoms. The number of piperazine rings is 1. The Morgan fingerprint density at radius 1 is 0.944 bits per heavy atom. The minimum absolute atomic E-state index is 0.117. The van der Waals surface area contributed by atoms with E-state index < -0.39 is 23.6 Å². The van der Waals surface area contributed by atoms with Crippen molar-refractivity contribution in [3.05, 3.63) is 89.5 Å². The quantitative estimate of drug-likeness (QED) is 0.181. The Morgan fingerprint density at radius 2 is 1.65 bits per heavy atom. The number of carbonyl (C=O) groups excluding carboxylic acids is 3. The first-order valence-electron chi connectivity index (χ1n) is 18.3. The zero-order valence-electron chi connectivity index (χ0n) is 31.0. The van der Waals surface area contributed by atoms with E-state index in [2.05, 4.69) is 30.2 Å². The van der Waals surface area contributed by atoms with Crippen LogP contribution in [0.5, 0.6) is 0 Å². The van der Waals surface area contributed by atoms with Crippen molar-refractivity contribution in [1.82, 2.24) is 34.4 Å². The Labute approximate surface area is 320 Å². The largest absolute Gasteiger partial charge is 0.444 e. The summed E-state index contributed by atoms with van der Waals surface area (Å²) in [5, 5.41) is 7.85. The molecule has 2 amide bonds. The fraction of sp³-hybridized carbons (Fsp3) is 0.436. The van der Waals surface area contributed by atoms with Gasteiger partial charge in [0.2, 0.25) is 6.10 Å². The van der Waals surface area contributed by atoms with E-state index in [9.17, 15) is 14.4 Å². The average molecular weight is 758 g/mol. The van der Waals surface area contributed by atoms with Crippen LogP contribution < -0.4 is 11.1 Å². The lowest BCUT2D eigenvalue weighted by Crippen LogP contribution is -2.50. The van der Waals surface area contributed by atoms with E-state index in [0.29, 0.717) is 40.6 Å². The number of anilines is 2. The molecule has 2 fully saturated rings. The van der Waals surface area contributed by atoms with Crippen LogP contribution in [0.3, 0.4) is 0 Å². The zero-order valence-corrected chi connectivity index (χ0v) is 31.7. The molecule has 0 radical (unpaired) electrons. The van der Waals surface area contributed by atoms with Gasteiger partial charge >= 0.3 is 12.1 Å². The second-order valence-corrected chi connectivity index (χ2v) is 15.1. The minimum atomic E-state index is -1.29. The first kappa shape index (κ1) is 38.7. The van der Waals surface area contributed by atoms with Crippen LogP contribution in [-0.2, 0) is 14.3 Å². The molecule has 54 heavy (non-hydrogen) atoms. The second-order valence-electron chi connectivity index (χ2n) is 14.6. The number of halogens is 1. The molecule has 14 nitrogen and oxygen atoms in total. The van der Waals surface area contributed by atoms with E-state index >= 15 is 0 Å². The van der Waals surface area contributed by atoms with E-state index in [0.717, 1.165) is 58.5 Å². The molecule has 0 bridgehead atoms. The van der Waals surface area contributed by atoms with E-state index in [-0.39, 0.29) is 23.6 Å². The molecule has 3 N–H and O–H groups in total.